The molecule has 1 aliphatic heterocycles. The fourth-order valence-corrected chi connectivity index (χ4v) is 2.36. The third-order valence-electron chi connectivity index (χ3n) is 3.14. The largest absolute Gasteiger partial charge is 0.368 e. The van der Waals surface area contributed by atoms with Crippen LogP contribution in [-0.4, -0.2) is 38.4 Å². The quantitative estimate of drug-likeness (QED) is 0.649. The van der Waals surface area contributed by atoms with Crippen molar-refractivity contribution in [1.29, 1.82) is 0 Å². The third-order valence-corrected chi connectivity index (χ3v) is 3.14. The number of aromatic amines is 1. The minimum absolute atomic E-state index is 0.139. The van der Waals surface area contributed by atoms with E-state index >= 15 is 0 Å². The van der Waals surface area contributed by atoms with Gasteiger partial charge in [0.15, 0.2) is 11.5 Å². The molecule has 3 rings (SSSR count). The van der Waals surface area contributed by atoms with Crippen LogP contribution in [0.1, 0.15) is 12.8 Å². The second-order valence-electron chi connectivity index (χ2n) is 4.26. The van der Waals surface area contributed by atoms with Gasteiger partial charge in [-0.3, -0.25) is 4.79 Å². The van der Waals surface area contributed by atoms with Gasteiger partial charge < -0.3 is 21.4 Å². The van der Waals surface area contributed by atoms with Crippen molar-refractivity contribution in [1.82, 2.24) is 19.9 Å². The minimum atomic E-state index is -0.350. The molecular weight excluding hydrogens is 234 g/mol. The Morgan fingerprint density at radius 1 is 1.50 bits per heavy atom. The van der Waals surface area contributed by atoms with Crippen LogP contribution in [0.2, 0.25) is 0 Å². The van der Waals surface area contributed by atoms with Gasteiger partial charge in [-0.1, -0.05) is 0 Å². The predicted octanol–water partition coefficient (Wildman–Crippen LogP) is -0.611. The zero-order valence-electron chi connectivity index (χ0n) is 9.63. The van der Waals surface area contributed by atoms with Gasteiger partial charge in [-0.15, -0.1) is 0 Å². The van der Waals surface area contributed by atoms with Crippen molar-refractivity contribution in [3.8, 4) is 0 Å². The van der Waals surface area contributed by atoms with Gasteiger partial charge in [0.1, 0.15) is 11.6 Å². The average molecular weight is 247 g/mol. The Kier molecular flexibility index (Phi) is 2.29. The number of carbonyl (C=O) groups is 1. The maximum Gasteiger partial charge on any atom is 0.240 e. The number of aromatic nitrogens is 4. The number of imidazole rings is 1. The van der Waals surface area contributed by atoms with E-state index in [0.29, 0.717) is 17.0 Å². The smallest absolute Gasteiger partial charge is 0.240 e. The summed E-state index contributed by atoms with van der Waals surface area (Å²) in [4.78, 5) is 28.5. The lowest BCUT2D eigenvalue weighted by molar-refractivity contribution is -0.119. The number of nitrogen functional groups attached to an aromatic ring is 1. The lowest BCUT2D eigenvalue weighted by atomic mass is 10.2. The number of nitrogens with one attached hydrogen (secondary N) is 1. The van der Waals surface area contributed by atoms with Crippen molar-refractivity contribution < 1.29 is 4.79 Å². The first-order chi connectivity index (χ1) is 8.66. The molecule has 2 aromatic heterocycles. The van der Waals surface area contributed by atoms with E-state index in [9.17, 15) is 4.79 Å². The van der Waals surface area contributed by atoms with Crippen LogP contribution in [0.3, 0.4) is 0 Å². The average Bonchev–Trinajstić information content (AvgIpc) is 2.95. The normalized spacial score (nSPS) is 19.6. The van der Waals surface area contributed by atoms with Crippen molar-refractivity contribution in [2.75, 3.05) is 17.2 Å². The molecule has 8 heteroatoms. The SMILES string of the molecule is NC(=O)C1CCCN1c1nc(N)nc2nc[nH]c12. The summed E-state index contributed by atoms with van der Waals surface area (Å²) < 4.78 is 0. The lowest BCUT2D eigenvalue weighted by Crippen LogP contribution is -2.41. The summed E-state index contributed by atoms with van der Waals surface area (Å²) in [5.41, 5.74) is 12.2. The molecule has 1 amide bonds. The van der Waals surface area contributed by atoms with E-state index in [1.165, 1.54) is 6.33 Å². The molecule has 5 N–H and O–H groups in total. The first kappa shape index (κ1) is 10.8. The van der Waals surface area contributed by atoms with Gasteiger partial charge in [-0.25, -0.2) is 4.98 Å². The molecule has 0 aliphatic carbocycles. The summed E-state index contributed by atoms with van der Waals surface area (Å²) >= 11 is 0. The van der Waals surface area contributed by atoms with Crippen molar-refractivity contribution in [3.05, 3.63) is 6.33 Å². The Morgan fingerprint density at radius 2 is 2.33 bits per heavy atom. The molecule has 8 nitrogen and oxygen atoms in total. The highest BCUT2D eigenvalue weighted by atomic mass is 16.1. The van der Waals surface area contributed by atoms with Crippen LogP contribution >= 0.6 is 0 Å². The molecule has 0 saturated carbocycles. The van der Waals surface area contributed by atoms with Crippen LogP contribution in [0.25, 0.3) is 11.2 Å². The van der Waals surface area contributed by atoms with Crippen LogP contribution < -0.4 is 16.4 Å². The zero-order valence-corrected chi connectivity index (χ0v) is 9.63. The molecule has 94 valence electrons. The second-order valence-corrected chi connectivity index (χ2v) is 4.26. The van der Waals surface area contributed by atoms with E-state index in [2.05, 4.69) is 19.9 Å². The highest BCUT2D eigenvalue weighted by Gasteiger charge is 2.31. The number of amides is 1. The van der Waals surface area contributed by atoms with Gasteiger partial charge in [-0.05, 0) is 12.8 Å². The van der Waals surface area contributed by atoms with Crippen LogP contribution in [0.15, 0.2) is 6.33 Å². The topological polar surface area (TPSA) is 127 Å². The molecule has 0 spiro atoms. The number of rotatable bonds is 2. The van der Waals surface area contributed by atoms with Crippen molar-refractivity contribution in [2.45, 2.75) is 18.9 Å². The van der Waals surface area contributed by atoms with Crippen LogP contribution in [-0.2, 0) is 4.79 Å². The van der Waals surface area contributed by atoms with Crippen LogP contribution in [0.4, 0.5) is 11.8 Å². The molecule has 0 bridgehead atoms. The number of hydrogen-bond donors (Lipinski definition) is 3. The van der Waals surface area contributed by atoms with E-state index in [4.69, 9.17) is 11.5 Å². The number of nitrogens with two attached hydrogens (primary N) is 2. The first-order valence-corrected chi connectivity index (χ1v) is 5.69. The number of nitrogens with zero attached hydrogens (tertiary/aromatic N) is 4. The van der Waals surface area contributed by atoms with Gasteiger partial charge in [0.05, 0.1) is 6.33 Å². The molecule has 3 heterocycles. The Hall–Kier alpha value is -2.38. The summed E-state index contributed by atoms with van der Waals surface area (Å²) in [6, 6.07) is -0.342. The number of hydrogen-bond acceptors (Lipinski definition) is 6. The van der Waals surface area contributed by atoms with Crippen molar-refractivity contribution >= 4 is 28.8 Å². The van der Waals surface area contributed by atoms with Crippen LogP contribution in [0.5, 0.6) is 0 Å². The van der Waals surface area contributed by atoms with E-state index in [1.807, 2.05) is 4.90 Å². The second kappa shape index (κ2) is 3.83. The van der Waals surface area contributed by atoms with Gasteiger partial charge >= 0.3 is 0 Å². The van der Waals surface area contributed by atoms with E-state index in [0.717, 1.165) is 19.4 Å². The molecule has 18 heavy (non-hydrogen) atoms. The fraction of sp³-hybridized carbons (Fsp3) is 0.400. The predicted molar refractivity (Wildman–Crippen MR) is 65.7 cm³/mol. The van der Waals surface area contributed by atoms with Crippen LogP contribution in [0, 0.1) is 0 Å². The Balaban J connectivity index is 2.13. The first-order valence-electron chi connectivity index (χ1n) is 5.69. The lowest BCUT2D eigenvalue weighted by Gasteiger charge is -2.23. The Labute approximate surface area is 102 Å². The monoisotopic (exact) mass is 247 g/mol. The van der Waals surface area contributed by atoms with E-state index in [-0.39, 0.29) is 17.9 Å². The highest BCUT2D eigenvalue weighted by molar-refractivity contribution is 5.89. The van der Waals surface area contributed by atoms with Crippen molar-refractivity contribution in [3.63, 3.8) is 0 Å². The number of anilines is 2. The summed E-state index contributed by atoms with van der Waals surface area (Å²) in [5.74, 6) is 0.383. The summed E-state index contributed by atoms with van der Waals surface area (Å²) in [7, 11) is 0. The summed E-state index contributed by atoms with van der Waals surface area (Å²) in [6.07, 6.45) is 3.15. The number of H-pyrrole nitrogens is 1. The maximum absolute atomic E-state index is 11.4. The number of primary amides is 1. The van der Waals surface area contributed by atoms with Gasteiger partial charge in [0.25, 0.3) is 0 Å². The molecule has 1 aliphatic rings. The standard InChI is InChI=1S/C10H13N7O/c11-7(18)5-2-1-3-17(5)9-6-8(14-4-13-6)15-10(12)16-9/h4-5H,1-3H2,(H2,11,18)(H3,12,13,14,15,16). The molecule has 1 fully saturated rings. The van der Waals surface area contributed by atoms with E-state index in [1.54, 1.807) is 0 Å². The molecule has 1 unspecified atom stereocenters. The summed E-state index contributed by atoms with van der Waals surface area (Å²) in [5, 5.41) is 0. The summed E-state index contributed by atoms with van der Waals surface area (Å²) in [6.45, 7) is 0.720. The van der Waals surface area contributed by atoms with Gasteiger partial charge in [-0.2, -0.15) is 9.97 Å². The van der Waals surface area contributed by atoms with Gasteiger partial charge in [0, 0.05) is 6.54 Å². The minimum Gasteiger partial charge on any atom is -0.368 e. The highest BCUT2D eigenvalue weighted by Crippen LogP contribution is 2.28. The Bertz CT molecular complexity index is 607. The number of fused-ring (bicyclic) bond motifs is 1. The maximum atomic E-state index is 11.4. The third kappa shape index (κ3) is 1.53. The zero-order chi connectivity index (χ0) is 12.7. The molecule has 0 radical (unpaired) electrons. The van der Waals surface area contributed by atoms with Gasteiger partial charge in [0.2, 0.25) is 11.9 Å². The number of carbonyl (C=O) groups excluding carboxylic acids is 1. The molecule has 0 aromatic carbocycles. The van der Waals surface area contributed by atoms with Crippen molar-refractivity contribution in [2.24, 2.45) is 5.73 Å². The van der Waals surface area contributed by atoms with E-state index < -0.39 is 0 Å². The Morgan fingerprint density at radius 3 is 3.11 bits per heavy atom. The molecular formula is C10H13N7O. The molecule has 2 aromatic rings. The molecule has 1 atom stereocenters. The molecule has 1 saturated heterocycles. The fourth-order valence-electron chi connectivity index (χ4n) is 2.36.